The van der Waals surface area contributed by atoms with Crippen molar-refractivity contribution in [3.05, 3.63) is 47.3 Å². The fraction of sp³-hybridized carbons (Fsp3) is 0.444. The number of aliphatic hydroxyl groups is 1. The topological polar surface area (TPSA) is 78.0 Å². The second kappa shape index (κ2) is 8.89. The molecule has 0 radical (unpaired) electrons. The number of carbonyl (C=O) groups excluding carboxylic acids is 1. The summed E-state index contributed by atoms with van der Waals surface area (Å²) in [6.07, 6.45) is 0.263. The average Bonchev–Trinajstić information content (AvgIpc) is 2.91. The monoisotopic (exact) mass is 347 g/mol. The summed E-state index contributed by atoms with van der Waals surface area (Å²) in [7, 11) is 0. The molecule has 3 N–H and O–H groups in total. The van der Waals surface area contributed by atoms with Gasteiger partial charge in [-0.15, -0.1) is 0 Å². The second-order valence-corrected chi connectivity index (χ2v) is 7.14. The summed E-state index contributed by atoms with van der Waals surface area (Å²) in [6.45, 7) is 6.12. The third-order valence-corrected chi connectivity index (χ3v) is 4.67. The maximum atomic E-state index is 11.8. The number of hydrogen-bond acceptors (Lipinski definition) is 4. The van der Waals surface area contributed by atoms with Crippen LogP contribution in [0.1, 0.15) is 30.8 Å². The molecule has 0 aliphatic rings. The molecule has 0 saturated carbocycles. The van der Waals surface area contributed by atoms with Crippen molar-refractivity contribution in [1.82, 2.24) is 15.3 Å². The summed E-state index contributed by atoms with van der Waals surface area (Å²) in [5, 5.41) is 13.2. The van der Waals surface area contributed by atoms with E-state index in [0.29, 0.717) is 0 Å². The van der Waals surface area contributed by atoms with Gasteiger partial charge < -0.3 is 15.4 Å². The number of imidazole rings is 1. The number of aromatic amines is 1. The zero-order chi connectivity index (χ0) is 17.5. The van der Waals surface area contributed by atoms with Crippen LogP contribution in [0.4, 0.5) is 0 Å². The Morgan fingerprint density at radius 2 is 2.04 bits per heavy atom. The zero-order valence-corrected chi connectivity index (χ0v) is 15.2. The number of aliphatic hydroxyl groups excluding tert-OH is 1. The van der Waals surface area contributed by atoms with Gasteiger partial charge >= 0.3 is 0 Å². The standard InChI is InChI=1S/C18H25N3O2S/c1-12(2)16(22)10-19-17(23)11-24-18-20-13(3)15(21-18)9-14-7-5-4-6-8-14/h4-8,12,16,22H,9-11H2,1-3H3,(H,19,23)(H,20,21). The summed E-state index contributed by atoms with van der Waals surface area (Å²) in [6, 6.07) is 10.2. The molecule has 0 aliphatic carbocycles. The highest BCUT2D eigenvalue weighted by molar-refractivity contribution is 7.99. The Balaban J connectivity index is 1.83. The third-order valence-electron chi connectivity index (χ3n) is 3.80. The molecule has 130 valence electrons. The van der Waals surface area contributed by atoms with E-state index in [1.165, 1.54) is 17.3 Å². The van der Waals surface area contributed by atoms with Crippen LogP contribution in [0.3, 0.4) is 0 Å². The SMILES string of the molecule is Cc1[nH]c(SCC(=O)NCC(O)C(C)C)nc1Cc1ccccc1. The van der Waals surface area contributed by atoms with E-state index in [1.807, 2.05) is 39.0 Å². The summed E-state index contributed by atoms with van der Waals surface area (Å²) in [5.74, 6) is 0.312. The molecular formula is C18H25N3O2S. The van der Waals surface area contributed by atoms with Crippen molar-refractivity contribution in [2.45, 2.75) is 38.5 Å². The highest BCUT2D eigenvalue weighted by atomic mass is 32.2. The van der Waals surface area contributed by atoms with Gasteiger partial charge in [-0.25, -0.2) is 4.98 Å². The van der Waals surface area contributed by atoms with Crippen LogP contribution < -0.4 is 5.32 Å². The molecule has 1 amide bonds. The first-order valence-electron chi connectivity index (χ1n) is 8.12. The van der Waals surface area contributed by atoms with Crippen molar-refractivity contribution < 1.29 is 9.90 Å². The number of thioether (sulfide) groups is 1. The molecule has 1 atom stereocenters. The van der Waals surface area contributed by atoms with Crippen molar-refractivity contribution in [3.8, 4) is 0 Å². The third kappa shape index (κ3) is 5.69. The second-order valence-electron chi connectivity index (χ2n) is 6.18. The van der Waals surface area contributed by atoms with Crippen LogP contribution in [0.15, 0.2) is 35.5 Å². The molecular weight excluding hydrogens is 322 g/mol. The molecule has 0 bridgehead atoms. The Morgan fingerprint density at radius 3 is 2.71 bits per heavy atom. The lowest BCUT2D eigenvalue weighted by Gasteiger charge is -2.14. The van der Waals surface area contributed by atoms with Gasteiger partial charge in [-0.3, -0.25) is 4.79 Å². The van der Waals surface area contributed by atoms with Crippen molar-refractivity contribution in [2.24, 2.45) is 5.92 Å². The maximum Gasteiger partial charge on any atom is 0.230 e. The minimum Gasteiger partial charge on any atom is -0.391 e. The molecule has 1 heterocycles. The van der Waals surface area contributed by atoms with E-state index in [2.05, 4.69) is 27.4 Å². The number of rotatable bonds is 8. The first-order chi connectivity index (χ1) is 11.5. The Labute approximate surface area is 147 Å². The number of nitrogens with one attached hydrogen (secondary N) is 2. The van der Waals surface area contributed by atoms with Gasteiger partial charge in [0.05, 0.1) is 17.6 Å². The molecule has 0 fully saturated rings. The van der Waals surface area contributed by atoms with E-state index in [9.17, 15) is 9.90 Å². The summed E-state index contributed by atoms with van der Waals surface area (Å²) < 4.78 is 0. The number of nitrogens with zero attached hydrogens (tertiary/aromatic N) is 1. The molecule has 1 aromatic heterocycles. The highest BCUT2D eigenvalue weighted by Crippen LogP contribution is 2.18. The molecule has 0 spiro atoms. The van der Waals surface area contributed by atoms with Crippen LogP contribution in [0.2, 0.25) is 0 Å². The van der Waals surface area contributed by atoms with Crippen LogP contribution in [0.25, 0.3) is 0 Å². The number of aromatic nitrogens is 2. The van der Waals surface area contributed by atoms with E-state index >= 15 is 0 Å². The minimum atomic E-state index is -0.512. The first-order valence-corrected chi connectivity index (χ1v) is 9.11. The lowest BCUT2D eigenvalue weighted by atomic mass is 10.1. The predicted octanol–water partition coefficient (Wildman–Crippen LogP) is 2.53. The number of H-pyrrole nitrogens is 1. The Hall–Kier alpha value is -1.79. The number of aryl methyl sites for hydroxylation is 1. The van der Waals surface area contributed by atoms with Crippen LogP contribution in [0, 0.1) is 12.8 Å². The molecule has 24 heavy (non-hydrogen) atoms. The quantitative estimate of drug-likeness (QED) is 0.641. The molecule has 1 unspecified atom stereocenters. The number of carbonyl (C=O) groups is 1. The molecule has 0 saturated heterocycles. The molecule has 2 aromatic rings. The number of benzene rings is 1. The van der Waals surface area contributed by atoms with Crippen molar-refractivity contribution >= 4 is 17.7 Å². The minimum absolute atomic E-state index is 0.0987. The van der Waals surface area contributed by atoms with Crippen molar-refractivity contribution in [1.29, 1.82) is 0 Å². The molecule has 2 rings (SSSR count). The van der Waals surface area contributed by atoms with Gasteiger partial charge in [-0.1, -0.05) is 55.9 Å². The van der Waals surface area contributed by atoms with Crippen LogP contribution in [-0.4, -0.2) is 39.4 Å². The van der Waals surface area contributed by atoms with E-state index in [0.717, 1.165) is 23.0 Å². The lowest BCUT2D eigenvalue weighted by molar-refractivity contribution is -0.119. The lowest BCUT2D eigenvalue weighted by Crippen LogP contribution is -2.35. The zero-order valence-electron chi connectivity index (χ0n) is 14.4. The van der Waals surface area contributed by atoms with Crippen LogP contribution >= 0.6 is 11.8 Å². The van der Waals surface area contributed by atoms with Crippen molar-refractivity contribution in [3.63, 3.8) is 0 Å². The van der Waals surface area contributed by atoms with Gasteiger partial charge in [0.15, 0.2) is 5.16 Å². The van der Waals surface area contributed by atoms with E-state index in [1.54, 1.807) is 0 Å². The van der Waals surface area contributed by atoms with Crippen LogP contribution in [0.5, 0.6) is 0 Å². The van der Waals surface area contributed by atoms with Gasteiger partial charge in [0, 0.05) is 18.7 Å². The average molecular weight is 347 g/mol. The maximum absolute atomic E-state index is 11.8. The smallest absolute Gasteiger partial charge is 0.230 e. The van der Waals surface area contributed by atoms with E-state index < -0.39 is 6.10 Å². The van der Waals surface area contributed by atoms with Crippen LogP contribution in [-0.2, 0) is 11.2 Å². The summed E-state index contributed by atoms with van der Waals surface area (Å²) in [4.78, 5) is 19.6. The molecule has 6 heteroatoms. The fourth-order valence-corrected chi connectivity index (χ4v) is 2.91. The van der Waals surface area contributed by atoms with E-state index in [4.69, 9.17) is 0 Å². The Kier molecular flexibility index (Phi) is 6.87. The Bertz CT molecular complexity index is 656. The fourth-order valence-electron chi connectivity index (χ4n) is 2.14. The summed E-state index contributed by atoms with van der Waals surface area (Å²) in [5.41, 5.74) is 3.24. The van der Waals surface area contributed by atoms with Gasteiger partial charge in [0.2, 0.25) is 5.91 Å². The van der Waals surface area contributed by atoms with Gasteiger partial charge in [0.1, 0.15) is 0 Å². The molecule has 0 aliphatic heterocycles. The molecule has 5 nitrogen and oxygen atoms in total. The van der Waals surface area contributed by atoms with Crippen molar-refractivity contribution in [2.75, 3.05) is 12.3 Å². The largest absolute Gasteiger partial charge is 0.391 e. The number of amides is 1. The Morgan fingerprint density at radius 1 is 1.33 bits per heavy atom. The predicted molar refractivity (Wildman–Crippen MR) is 97.2 cm³/mol. The first kappa shape index (κ1) is 18.5. The molecule has 1 aromatic carbocycles. The van der Waals surface area contributed by atoms with Gasteiger partial charge in [-0.05, 0) is 18.4 Å². The summed E-state index contributed by atoms with van der Waals surface area (Å²) >= 11 is 1.37. The van der Waals surface area contributed by atoms with E-state index in [-0.39, 0.29) is 24.1 Å². The number of hydrogen-bond donors (Lipinski definition) is 3. The highest BCUT2D eigenvalue weighted by Gasteiger charge is 2.13. The van der Waals surface area contributed by atoms with Gasteiger partial charge in [-0.2, -0.15) is 0 Å². The normalized spacial score (nSPS) is 12.4. The van der Waals surface area contributed by atoms with Gasteiger partial charge in [0.25, 0.3) is 0 Å².